The van der Waals surface area contributed by atoms with Crippen molar-refractivity contribution in [2.24, 2.45) is 0 Å². The molecule has 2 aromatic rings. The summed E-state index contributed by atoms with van der Waals surface area (Å²) in [4.78, 5) is 9.11. The average Bonchev–Trinajstić information content (AvgIpc) is 2.76. The number of rotatable bonds is 2. The third-order valence-electron chi connectivity index (χ3n) is 3.92. The van der Waals surface area contributed by atoms with Crippen molar-refractivity contribution in [2.45, 2.75) is 50.6 Å². The molecule has 4 nitrogen and oxygen atoms in total. The Balaban J connectivity index is 2.13. The van der Waals surface area contributed by atoms with E-state index >= 15 is 0 Å². The Morgan fingerprint density at radius 2 is 2.24 bits per heavy atom. The van der Waals surface area contributed by atoms with Gasteiger partial charge in [0.2, 0.25) is 0 Å². The van der Waals surface area contributed by atoms with Crippen LogP contribution in [0.1, 0.15) is 50.9 Å². The minimum Gasteiger partial charge on any atom is -0.375 e. The van der Waals surface area contributed by atoms with Gasteiger partial charge >= 0.3 is 0 Å². The van der Waals surface area contributed by atoms with E-state index in [-0.39, 0.29) is 11.0 Å². The first kappa shape index (κ1) is 15.1. The molecule has 0 aromatic carbocycles. The molecular formula is C15H19Cl2N3O. The molecule has 2 unspecified atom stereocenters. The predicted octanol–water partition coefficient (Wildman–Crippen LogP) is 4.51. The zero-order valence-electron chi connectivity index (χ0n) is 12.4. The van der Waals surface area contributed by atoms with Crippen molar-refractivity contribution in [1.29, 1.82) is 0 Å². The Morgan fingerprint density at radius 1 is 1.48 bits per heavy atom. The fourth-order valence-corrected chi connectivity index (χ4v) is 3.34. The normalized spacial score (nSPS) is 23.4. The molecule has 1 aliphatic rings. The van der Waals surface area contributed by atoms with Crippen LogP contribution in [0.4, 0.5) is 0 Å². The molecule has 0 N–H and O–H groups in total. The maximum absolute atomic E-state index is 6.33. The van der Waals surface area contributed by atoms with E-state index in [2.05, 4.69) is 28.4 Å². The number of aromatic nitrogens is 3. The molecule has 0 bridgehead atoms. The molecule has 0 aliphatic carbocycles. The van der Waals surface area contributed by atoms with Crippen LogP contribution >= 0.6 is 23.2 Å². The second-order valence-corrected chi connectivity index (χ2v) is 7.30. The van der Waals surface area contributed by atoms with Crippen molar-refractivity contribution in [3.63, 3.8) is 0 Å². The third kappa shape index (κ3) is 2.89. The number of alkyl halides is 1. The summed E-state index contributed by atoms with van der Waals surface area (Å²) in [5.41, 5.74) is 1.51. The summed E-state index contributed by atoms with van der Waals surface area (Å²) in [6.07, 6.45) is 3.52. The lowest BCUT2D eigenvalue weighted by Crippen LogP contribution is -2.35. The van der Waals surface area contributed by atoms with E-state index in [1.165, 1.54) is 0 Å². The molecule has 3 heterocycles. The van der Waals surface area contributed by atoms with Gasteiger partial charge in [-0.15, -0.1) is 11.6 Å². The summed E-state index contributed by atoms with van der Waals surface area (Å²) < 4.78 is 7.99. The highest BCUT2D eigenvalue weighted by Gasteiger charge is 2.32. The quantitative estimate of drug-likeness (QED) is 0.761. The zero-order chi connectivity index (χ0) is 15.2. The second-order valence-electron chi connectivity index (χ2n) is 6.21. The molecule has 114 valence electrons. The standard InChI is InChI=1S/C15H19Cl2N3O/c1-9(16)13-19-12-6-10(17)8-18-14(12)20(13)11-4-5-21-15(2,3)7-11/h6,8-9,11H,4-5,7H2,1-3H3. The Morgan fingerprint density at radius 3 is 2.90 bits per heavy atom. The molecule has 6 heteroatoms. The van der Waals surface area contributed by atoms with Gasteiger partial charge in [0.25, 0.3) is 0 Å². The van der Waals surface area contributed by atoms with E-state index in [9.17, 15) is 0 Å². The number of fused-ring (bicyclic) bond motifs is 1. The first-order valence-electron chi connectivity index (χ1n) is 7.19. The van der Waals surface area contributed by atoms with Crippen LogP contribution < -0.4 is 0 Å². The summed E-state index contributed by atoms with van der Waals surface area (Å²) in [6, 6.07) is 2.14. The van der Waals surface area contributed by atoms with Crippen LogP contribution in [-0.4, -0.2) is 26.7 Å². The van der Waals surface area contributed by atoms with E-state index in [0.29, 0.717) is 11.1 Å². The molecule has 0 spiro atoms. The molecule has 0 amide bonds. The summed E-state index contributed by atoms with van der Waals surface area (Å²) in [5.74, 6) is 0.851. The molecule has 1 saturated heterocycles. The maximum atomic E-state index is 6.33. The number of ether oxygens (including phenoxy) is 1. The predicted molar refractivity (Wildman–Crippen MR) is 85.1 cm³/mol. The van der Waals surface area contributed by atoms with Crippen molar-refractivity contribution in [1.82, 2.24) is 14.5 Å². The van der Waals surface area contributed by atoms with Crippen LogP contribution in [0.5, 0.6) is 0 Å². The lowest BCUT2D eigenvalue weighted by molar-refractivity contribution is -0.0689. The minimum absolute atomic E-state index is 0.140. The van der Waals surface area contributed by atoms with Gasteiger partial charge in [-0.25, -0.2) is 9.97 Å². The number of hydrogen-bond donors (Lipinski definition) is 0. The Bertz CT molecular complexity index is 666. The Hall–Kier alpha value is -0.840. The van der Waals surface area contributed by atoms with Gasteiger partial charge in [0.15, 0.2) is 5.65 Å². The van der Waals surface area contributed by atoms with Crippen LogP contribution in [-0.2, 0) is 4.74 Å². The smallest absolute Gasteiger partial charge is 0.160 e. The molecule has 1 aliphatic heterocycles. The van der Waals surface area contributed by atoms with E-state index in [0.717, 1.165) is 36.4 Å². The molecule has 1 fully saturated rings. The minimum atomic E-state index is -0.177. The average molecular weight is 328 g/mol. The summed E-state index contributed by atoms with van der Waals surface area (Å²) in [6.45, 7) is 6.91. The lowest BCUT2D eigenvalue weighted by Gasteiger charge is -2.36. The van der Waals surface area contributed by atoms with Crippen molar-refractivity contribution in [2.75, 3.05) is 6.61 Å². The van der Waals surface area contributed by atoms with Gasteiger partial charge < -0.3 is 9.30 Å². The Labute approximate surface area is 134 Å². The number of hydrogen-bond acceptors (Lipinski definition) is 3. The van der Waals surface area contributed by atoms with Crippen molar-refractivity contribution in [3.8, 4) is 0 Å². The van der Waals surface area contributed by atoms with E-state index < -0.39 is 0 Å². The van der Waals surface area contributed by atoms with Crippen molar-refractivity contribution in [3.05, 3.63) is 23.1 Å². The van der Waals surface area contributed by atoms with Crippen molar-refractivity contribution >= 4 is 34.4 Å². The highest BCUT2D eigenvalue weighted by Crippen LogP contribution is 2.37. The summed E-state index contributed by atoms with van der Waals surface area (Å²) >= 11 is 12.4. The number of halogens is 2. The van der Waals surface area contributed by atoms with Crippen LogP contribution in [0.15, 0.2) is 12.3 Å². The lowest BCUT2D eigenvalue weighted by atomic mass is 9.93. The summed E-state index contributed by atoms with van der Waals surface area (Å²) in [5, 5.41) is 0.414. The van der Waals surface area contributed by atoms with Crippen molar-refractivity contribution < 1.29 is 4.74 Å². The van der Waals surface area contributed by atoms with E-state index in [4.69, 9.17) is 27.9 Å². The fourth-order valence-electron chi connectivity index (χ4n) is 3.04. The number of imidazole rings is 1. The van der Waals surface area contributed by atoms with Gasteiger partial charge in [-0.1, -0.05) is 11.6 Å². The van der Waals surface area contributed by atoms with E-state index in [1.807, 2.05) is 13.0 Å². The second kappa shape index (κ2) is 5.41. The highest BCUT2D eigenvalue weighted by atomic mass is 35.5. The SMILES string of the molecule is CC(Cl)c1nc2cc(Cl)cnc2n1C1CCOC(C)(C)C1. The van der Waals surface area contributed by atoms with Crippen LogP contribution in [0.25, 0.3) is 11.2 Å². The van der Waals surface area contributed by atoms with Crippen LogP contribution in [0.3, 0.4) is 0 Å². The monoisotopic (exact) mass is 327 g/mol. The molecular weight excluding hydrogens is 309 g/mol. The largest absolute Gasteiger partial charge is 0.375 e. The first-order chi connectivity index (χ1) is 9.87. The number of pyridine rings is 1. The molecule has 3 rings (SSSR count). The molecule has 0 saturated carbocycles. The summed E-state index contributed by atoms with van der Waals surface area (Å²) in [7, 11) is 0. The molecule has 2 aromatic heterocycles. The number of nitrogens with zero attached hydrogens (tertiary/aromatic N) is 3. The fraction of sp³-hybridized carbons (Fsp3) is 0.600. The molecule has 0 radical (unpaired) electrons. The van der Waals surface area contributed by atoms with Crippen LogP contribution in [0, 0.1) is 0 Å². The van der Waals surface area contributed by atoms with Gasteiger partial charge in [-0.3, -0.25) is 0 Å². The van der Waals surface area contributed by atoms with Gasteiger partial charge in [-0.2, -0.15) is 0 Å². The van der Waals surface area contributed by atoms with E-state index in [1.54, 1.807) is 6.20 Å². The van der Waals surface area contributed by atoms with Gasteiger partial charge in [0.1, 0.15) is 11.3 Å². The topological polar surface area (TPSA) is 39.9 Å². The Kier molecular flexibility index (Phi) is 3.89. The first-order valence-corrected chi connectivity index (χ1v) is 8.00. The highest BCUT2D eigenvalue weighted by molar-refractivity contribution is 6.31. The van der Waals surface area contributed by atoms with Gasteiger partial charge in [-0.05, 0) is 39.7 Å². The van der Waals surface area contributed by atoms with Crippen LogP contribution in [0.2, 0.25) is 5.02 Å². The maximum Gasteiger partial charge on any atom is 0.160 e. The molecule has 21 heavy (non-hydrogen) atoms. The van der Waals surface area contributed by atoms with Gasteiger partial charge in [0, 0.05) is 18.8 Å². The molecule has 2 atom stereocenters. The van der Waals surface area contributed by atoms with Gasteiger partial charge in [0.05, 0.1) is 16.0 Å². The third-order valence-corrected chi connectivity index (χ3v) is 4.32. The zero-order valence-corrected chi connectivity index (χ0v) is 13.9.